The van der Waals surface area contributed by atoms with Gasteiger partial charge in [-0.25, -0.2) is 0 Å². The molecule has 4 heteroatoms. The van der Waals surface area contributed by atoms with E-state index in [9.17, 15) is 4.79 Å². The monoisotopic (exact) mass is 367 g/mol. The maximum atomic E-state index is 12.2. The summed E-state index contributed by atoms with van der Waals surface area (Å²) >= 11 is 6.79. The van der Waals surface area contributed by atoms with E-state index >= 15 is 0 Å². The summed E-state index contributed by atoms with van der Waals surface area (Å²) in [4.78, 5) is 16.3. The van der Waals surface area contributed by atoms with Crippen molar-refractivity contribution in [2.24, 2.45) is 0 Å². The summed E-state index contributed by atoms with van der Waals surface area (Å²) in [5, 5.41) is 0. The van der Waals surface area contributed by atoms with Gasteiger partial charge < -0.3 is 0 Å². The van der Waals surface area contributed by atoms with E-state index in [1.54, 1.807) is 12.4 Å². The van der Waals surface area contributed by atoms with Gasteiger partial charge in [-0.3, -0.25) is 9.78 Å². The first-order valence-electron chi connectivity index (χ1n) is 5.45. The number of carbonyl (C=O) groups excluding carboxylic acids is 1. The summed E-state index contributed by atoms with van der Waals surface area (Å²) in [5.41, 5.74) is 2.64. The highest BCUT2D eigenvalue weighted by molar-refractivity contribution is 9.10. The van der Waals surface area contributed by atoms with Gasteiger partial charge in [0.15, 0.2) is 5.78 Å². The summed E-state index contributed by atoms with van der Waals surface area (Å²) in [6.45, 7) is 1.94. The van der Waals surface area contributed by atoms with Crippen LogP contribution >= 0.6 is 31.9 Å². The second-order valence-corrected chi connectivity index (χ2v) is 5.79. The molecule has 0 saturated heterocycles. The van der Waals surface area contributed by atoms with Crippen LogP contribution < -0.4 is 0 Å². The number of Topliss-reactive ketones (excluding diaryl/α,β-unsaturated/α-hetero) is 1. The molecule has 0 aliphatic carbocycles. The average molecular weight is 369 g/mol. The van der Waals surface area contributed by atoms with Crippen LogP contribution in [0.5, 0.6) is 0 Å². The Kier molecular flexibility index (Phi) is 4.30. The van der Waals surface area contributed by atoms with E-state index < -0.39 is 0 Å². The van der Waals surface area contributed by atoms with Gasteiger partial charge in [0, 0.05) is 33.3 Å². The minimum atomic E-state index is 0.105. The van der Waals surface area contributed by atoms with E-state index in [-0.39, 0.29) is 5.78 Å². The van der Waals surface area contributed by atoms with Gasteiger partial charge in [-0.2, -0.15) is 0 Å². The smallest absolute Gasteiger partial charge is 0.167 e. The highest BCUT2D eigenvalue weighted by atomic mass is 79.9. The molecule has 0 N–H and O–H groups in total. The van der Waals surface area contributed by atoms with Crippen molar-refractivity contribution in [1.29, 1.82) is 0 Å². The number of ketones is 1. The quantitative estimate of drug-likeness (QED) is 0.754. The van der Waals surface area contributed by atoms with Crippen molar-refractivity contribution in [3.63, 3.8) is 0 Å². The average Bonchev–Trinajstić information content (AvgIpc) is 2.32. The van der Waals surface area contributed by atoms with Crippen LogP contribution in [0, 0.1) is 6.92 Å². The van der Waals surface area contributed by atoms with E-state index in [0.717, 1.165) is 25.6 Å². The maximum absolute atomic E-state index is 12.2. The maximum Gasteiger partial charge on any atom is 0.167 e. The van der Waals surface area contributed by atoms with Crippen LogP contribution in [0.1, 0.15) is 21.5 Å². The van der Waals surface area contributed by atoms with Crippen LogP contribution in [0.2, 0.25) is 0 Å². The fourth-order valence-electron chi connectivity index (χ4n) is 1.74. The zero-order valence-electron chi connectivity index (χ0n) is 9.78. The molecule has 0 spiro atoms. The van der Waals surface area contributed by atoms with Crippen molar-refractivity contribution >= 4 is 37.6 Å². The molecule has 0 aliphatic heterocycles. The summed E-state index contributed by atoms with van der Waals surface area (Å²) < 4.78 is 1.85. The number of carbonyl (C=O) groups is 1. The minimum absolute atomic E-state index is 0.105. The van der Waals surface area contributed by atoms with Crippen LogP contribution in [0.4, 0.5) is 0 Å². The molecule has 2 aromatic rings. The topological polar surface area (TPSA) is 30.0 Å². The Hall–Kier alpha value is -1.00. The first-order valence-corrected chi connectivity index (χ1v) is 7.04. The van der Waals surface area contributed by atoms with Crippen LogP contribution in [-0.2, 0) is 6.42 Å². The van der Waals surface area contributed by atoms with Gasteiger partial charge in [-0.1, -0.05) is 28.1 Å². The second-order valence-electron chi connectivity index (χ2n) is 4.02. The summed E-state index contributed by atoms with van der Waals surface area (Å²) in [5.74, 6) is 0.105. The number of benzene rings is 1. The number of pyridine rings is 1. The summed E-state index contributed by atoms with van der Waals surface area (Å²) in [6, 6.07) is 7.59. The van der Waals surface area contributed by atoms with E-state index in [1.165, 1.54) is 0 Å². The van der Waals surface area contributed by atoms with Gasteiger partial charge in [-0.05, 0) is 46.1 Å². The second kappa shape index (κ2) is 5.76. The number of halogens is 2. The fraction of sp³-hybridized carbons (Fsp3) is 0.143. The molecule has 0 bridgehead atoms. The number of rotatable bonds is 3. The molecule has 0 atom stereocenters. The first-order chi connectivity index (χ1) is 8.58. The molecule has 0 radical (unpaired) electrons. The third-order valence-electron chi connectivity index (χ3n) is 2.69. The Morgan fingerprint density at radius 2 is 2.06 bits per heavy atom. The molecule has 1 aromatic heterocycles. The molecule has 1 aromatic carbocycles. The molecule has 1 heterocycles. The molecule has 2 rings (SSSR count). The minimum Gasteiger partial charge on any atom is -0.294 e. The molecule has 0 aliphatic rings. The standard InChI is InChI=1S/C14H11Br2NO/c1-9-12(3-2-4-13(9)16)14(18)6-10-5-11(15)8-17-7-10/h2-5,7-8H,6H2,1H3. The number of aromatic nitrogens is 1. The van der Waals surface area contributed by atoms with Gasteiger partial charge in [0.25, 0.3) is 0 Å². The van der Waals surface area contributed by atoms with E-state index in [1.807, 2.05) is 31.2 Å². The van der Waals surface area contributed by atoms with Crippen LogP contribution in [-0.4, -0.2) is 10.8 Å². The largest absolute Gasteiger partial charge is 0.294 e. The number of hydrogen-bond acceptors (Lipinski definition) is 2. The van der Waals surface area contributed by atoms with E-state index in [2.05, 4.69) is 36.8 Å². The zero-order chi connectivity index (χ0) is 13.1. The first kappa shape index (κ1) is 13.4. The Labute approximate surface area is 123 Å². The van der Waals surface area contributed by atoms with Crippen molar-refractivity contribution in [2.45, 2.75) is 13.3 Å². The molecular formula is C14H11Br2NO. The molecule has 0 amide bonds. The molecule has 0 fully saturated rings. The van der Waals surface area contributed by atoms with Gasteiger partial charge in [0.05, 0.1) is 0 Å². The summed E-state index contributed by atoms with van der Waals surface area (Å²) in [7, 11) is 0. The Balaban J connectivity index is 2.25. The molecule has 92 valence electrons. The van der Waals surface area contributed by atoms with Gasteiger partial charge in [-0.15, -0.1) is 0 Å². The van der Waals surface area contributed by atoms with E-state index in [4.69, 9.17) is 0 Å². The molecule has 0 saturated carbocycles. The lowest BCUT2D eigenvalue weighted by atomic mass is 10.0. The summed E-state index contributed by atoms with van der Waals surface area (Å²) in [6.07, 6.45) is 3.79. The van der Waals surface area contributed by atoms with Crippen LogP contribution in [0.3, 0.4) is 0 Å². The Morgan fingerprint density at radius 1 is 1.28 bits per heavy atom. The molecule has 2 nitrogen and oxygen atoms in total. The lowest BCUT2D eigenvalue weighted by Gasteiger charge is -2.06. The van der Waals surface area contributed by atoms with Gasteiger partial charge in [0.1, 0.15) is 0 Å². The lowest BCUT2D eigenvalue weighted by Crippen LogP contribution is -2.06. The third kappa shape index (κ3) is 3.06. The SMILES string of the molecule is Cc1c(Br)cccc1C(=O)Cc1cncc(Br)c1. The lowest BCUT2D eigenvalue weighted by molar-refractivity contribution is 0.0992. The normalized spacial score (nSPS) is 10.4. The van der Waals surface area contributed by atoms with Crippen molar-refractivity contribution in [1.82, 2.24) is 4.98 Å². The zero-order valence-corrected chi connectivity index (χ0v) is 13.0. The van der Waals surface area contributed by atoms with Crippen LogP contribution in [0.25, 0.3) is 0 Å². The molecule has 0 unspecified atom stereocenters. The Bertz CT molecular complexity index is 596. The van der Waals surface area contributed by atoms with Gasteiger partial charge >= 0.3 is 0 Å². The van der Waals surface area contributed by atoms with Crippen molar-refractivity contribution < 1.29 is 4.79 Å². The fourth-order valence-corrected chi connectivity index (χ4v) is 2.52. The van der Waals surface area contributed by atoms with Crippen LogP contribution in [0.15, 0.2) is 45.6 Å². The Morgan fingerprint density at radius 3 is 2.78 bits per heavy atom. The van der Waals surface area contributed by atoms with Gasteiger partial charge in [0.2, 0.25) is 0 Å². The van der Waals surface area contributed by atoms with Crippen molar-refractivity contribution in [2.75, 3.05) is 0 Å². The third-order valence-corrected chi connectivity index (χ3v) is 3.99. The van der Waals surface area contributed by atoms with E-state index in [0.29, 0.717) is 6.42 Å². The number of nitrogens with zero attached hydrogens (tertiary/aromatic N) is 1. The van der Waals surface area contributed by atoms with Crippen molar-refractivity contribution in [3.05, 3.63) is 62.3 Å². The highest BCUT2D eigenvalue weighted by Gasteiger charge is 2.11. The predicted molar refractivity (Wildman–Crippen MR) is 78.9 cm³/mol. The number of hydrogen-bond donors (Lipinski definition) is 0. The molecular weight excluding hydrogens is 358 g/mol. The van der Waals surface area contributed by atoms with Crippen molar-refractivity contribution in [3.8, 4) is 0 Å². The predicted octanol–water partition coefficient (Wildman–Crippen LogP) is 4.34. The highest BCUT2D eigenvalue weighted by Crippen LogP contribution is 2.21. The molecule has 18 heavy (non-hydrogen) atoms.